The van der Waals surface area contributed by atoms with E-state index >= 15 is 0 Å². The van der Waals surface area contributed by atoms with Crippen molar-refractivity contribution >= 4 is 34.3 Å². The molecule has 1 aromatic heterocycles. The lowest BCUT2D eigenvalue weighted by molar-refractivity contribution is -0.274. The van der Waals surface area contributed by atoms with Gasteiger partial charge in [-0.1, -0.05) is 0 Å². The van der Waals surface area contributed by atoms with Gasteiger partial charge in [0.15, 0.2) is 5.75 Å². The minimum absolute atomic E-state index is 0.107. The largest absolute Gasteiger partial charge is 0.573 e. The highest BCUT2D eigenvalue weighted by atomic mass is 19.4. The Balaban J connectivity index is 1.23. The number of morpholine rings is 1. The second kappa shape index (κ2) is 12.3. The van der Waals surface area contributed by atoms with Gasteiger partial charge in [0, 0.05) is 31.9 Å². The number of nitrogens with zero attached hydrogens (tertiary/aromatic N) is 4. The Morgan fingerprint density at radius 2 is 1.74 bits per heavy atom. The number of amides is 2. The van der Waals surface area contributed by atoms with Gasteiger partial charge in [-0.15, -0.1) is 13.2 Å². The molecule has 3 aliphatic rings. The second-order valence-corrected chi connectivity index (χ2v) is 13.0. The molecule has 3 fully saturated rings. The molecule has 2 N–H and O–H groups in total. The summed E-state index contributed by atoms with van der Waals surface area (Å²) >= 11 is 0. The van der Waals surface area contributed by atoms with E-state index in [-0.39, 0.29) is 17.4 Å². The summed E-state index contributed by atoms with van der Waals surface area (Å²) in [5.41, 5.74) is -0.629. The number of alkyl halides is 3. The number of rotatable bonds is 7. The number of halogens is 3. The Kier molecular flexibility index (Phi) is 8.55. The molecule has 3 aromatic rings. The highest BCUT2D eigenvalue weighted by Gasteiger charge is 2.54. The number of benzene rings is 2. The predicted octanol–water partition coefficient (Wildman–Crippen LogP) is 4.19. The van der Waals surface area contributed by atoms with Crippen LogP contribution in [0.15, 0.2) is 47.5 Å². The zero-order valence-corrected chi connectivity index (χ0v) is 26.4. The van der Waals surface area contributed by atoms with E-state index in [1.165, 1.54) is 23.0 Å². The quantitative estimate of drug-likeness (QED) is 0.384. The van der Waals surface area contributed by atoms with Crippen molar-refractivity contribution in [2.24, 2.45) is 0 Å². The molecule has 1 aliphatic carbocycles. The molecule has 6 rings (SSSR count). The van der Waals surface area contributed by atoms with Crippen LogP contribution in [0.25, 0.3) is 16.6 Å². The fourth-order valence-electron chi connectivity index (χ4n) is 6.09. The molecule has 0 spiro atoms. The molecule has 1 saturated carbocycles. The molecule has 252 valence electrons. The van der Waals surface area contributed by atoms with E-state index < -0.39 is 40.8 Å². The maximum Gasteiger partial charge on any atom is 0.573 e. The van der Waals surface area contributed by atoms with Crippen molar-refractivity contribution in [2.45, 2.75) is 63.6 Å². The van der Waals surface area contributed by atoms with E-state index in [0.29, 0.717) is 69.6 Å². The maximum atomic E-state index is 13.6. The van der Waals surface area contributed by atoms with E-state index in [1.54, 1.807) is 39.0 Å². The molecule has 3 heterocycles. The summed E-state index contributed by atoms with van der Waals surface area (Å²) in [6, 6.07) is 8.76. The van der Waals surface area contributed by atoms with E-state index in [1.807, 2.05) is 4.90 Å². The van der Waals surface area contributed by atoms with Crippen molar-refractivity contribution in [1.82, 2.24) is 19.8 Å². The summed E-state index contributed by atoms with van der Waals surface area (Å²) in [4.78, 5) is 47.8. The summed E-state index contributed by atoms with van der Waals surface area (Å²) in [7, 11) is 0. The number of ether oxygens (including phenoxy) is 3. The van der Waals surface area contributed by atoms with Gasteiger partial charge in [-0.3, -0.25) is 19.1 Å². The first kappa shape index (κ1) is 32.6. The van der Waals surface area contributed by atoms with Crippen molar-refractivity contribution < 1.29 is 37.0 Å². The van der Waals surface area contributed by atoms with Crippen LogP contribution in [-0.2, 0) is 14.3 Å². The van der Waals surface area contributed by atoms with Gasteiger partial charge in [-0.2, -0.15) is 0 Å². The molecule has 1 atom stereocenters. The van der Waals surface area contributed by atoms with Crippen LogP contribution in [0.5, 0.6) is 5.75 Å². The van der Waals surface area contributed by atoms with Gasteiger partial charge in [-0.05, 0) is 76.4 Å². The molecular formula is C32H37F3N6O6. The average Bonchev–Trinajstić information content (AvgIpc) is 3.69. The fourth-order valence-corrected chi connectivity index (χ4v) is 6.09. The van der Waals surface area contributed by atoms with E-state index in [2.05, 4.69) is 25.3 Å². The van der Waals surface area contributed by atoms with Crippen molar-refractivity contribution in [2.75, 3.05) is 49.6 Å². The van der Waals surface area contributed by atoms with Gasteiger partial charge in [0.05, 0.1) is 41.5 Å². The monoisotopic (exact) mass is 658 g/mol. The third kappa shape index (κ3) is 7.30. The topological polar surface area (TPSA) is 127 Å². The highest BCUT2D eigenvalue weighted by Crippen LogP contribution is 2.44. The van der Waals surface area contributed by atoms with Gasteiger partial charge in [0.1, 0.15) is 17.5 Å². The van der Waals surface area contributed by atoms with Gasteiger partial charge in [0.2, 0.25) is 5.91 Å². The van der Waals surface area contributed by atoms with Crippen LogP contribution in [0.2, 0.25) is 0 Å². The normalized spacial score (nSPS) is 19.8. The third-order valence-electron chi connectivity index (χ3n) is 8.49. The van der Waals surface area contributed by atoms with E-state index in [0.717, 1.165) is 11.8 Å². The molecule has 15 heteroatoms. The summed E-state index contributed by atoms with van der Waals surface area (Å²) in [5.74, 6) is -1.03. The average molecular weight is 659 g/mol. The number of carbonyl (C=O) groups excluding carboxylic acids is 2. The molecule has 2 aliphatic heterocycles. The smallest absolute Gasteiger partial charge is 0.444 e. The number of carbonyl (C=O) groups is 2. The van der Waals surface area contributed by atoms with Crippen LogP contribution in [0.4, 0.5) is 29.3 Å². The molecule has 2 saturated heterocycles. The third-order valence-corrected chi connectivity index (χ3v) is 8.49. The lowest BCUT2D eigenvalue weighted by Crippen LogP contribution is -2.51. The minimum Gasteiger partial charge on any atom is -0.444 e. The SMILES string of the molecule is CC(C)(C)OC(=O)NC1CCN(c2ccc3c(=O)n(-c4ccc(OC(F)(F)F)c(NC(=O)C5(N6CCOCC6)CC5)c4)cnc3c2)C1. The summed E-state index contributed by atoms with van der Waals surface area (Å²) in [6.45, 7) is 8.65. The molecule has 47 heavy (non-hydrogen) atoms. The zero-order valence-electron chi connectivity index (χ0n) is 26.4. The number of aromatic nitrogens is 2. The summed E-state index contributed by atoms with van der Waals surface area (Å²) in [6.07, 6.45) is -2.32. The van der Waals surface area contributed by atoms with E-state index in [4.69, 9.17) is 9.47 Å². The summed E-state index contributed by atoms with van der Waals surface area (Å²) in [5, 5.41) is 5.83. The first-order valence-electron chi connectivity index (χ1n) is 15.5. The standard InChI is InChI=1S/C32H37F3N6O6/c1-30(2,3)47-29(44)37-20-8-11-39(18-20)21-4-6-23-24(16-21)36-19-41(27(23)42)22-5-7-26(46-32(33,34)35)25(17-22)38-28(43)31(9-10-31)40-12-14-45-15-13-40/h4-7,16-17,19-20H,8-15,18H2,1-3H3,(H,37,44)(H,38,43). The zero-order chi connectivity index (χ0) is 33.6. The number of alkyl carbamates (subject to hydrolysis) is 1. The Bertz CT molecular complexity index is 1730. The highest BCUT2D eigenvalue weighted by molar-refractivity contribution is 6.01. The first-order valence-corrected chi connectivity index (χ1v) is 15.5. The molecule has 2 amide bonds. The van der Waals surface area contributed by atoms with Crippen molar-refractivity contribution in [1.29, 1.82) is 0 Å². The van der Waals surface area contributed by atoms with Gasteiger partial charge >= 0.3 is 12.5 Å². The Labute approximate surface area is 268 Å². The van der Waals surface area contributed by atoms with Crippen LogP contribution < -0.4 is 25.8 Å². The number of hydrogen-bond donors (Lipinski definition) is 2. The molecule has 12 nitrogen and oxygen atoms in total. The van der Waals surface area contributed by atoms with Gasteiger partial charge < -0.3 is 29.7 Å². The van der Waals surface area contributed by atoms with Crippen LogP contribution in [0.1, 0.15) is 40.0 Å². The van der Waals surface area contributed by atoms with Crippen LogP contribution in [-0.4, -0.2) is 89.4 Å². The van der Waals surface area contributed by atoms with E-state index in [9.17, 15) is 27.6 Å². The number of nitrogens with one attached hydrogen (secondary N) is 2. The minimum atomic E-state index is -5.00. The molecule has 0 bridgehead atoms. The maximum absolute atomic E-state index is 13.6. The van der Waals surface area contributed by atoms with Crippen molar-refractivity contribution in [3.05, 3.63) is 53.1 Å². The lowest BCUT2D eigenvalue weighted by Gasteiger charge is -2.34. The Hall–Kier alpha value is -4.37. The van der Waals surface area contributed by atoms with Crippen LogP contribution in [0, 0.1) is 0 Å². The molecule has 1 unspecified atom stereocenters. The Morgan fingerprint density at radius 3 is 2.43 bits per heavy atom. The number of hydrogen-bond acceptors (Lipinski definition) is 9. The lowest BCUT2D eigenvalue weighted by atomic mass is 10.1. The fraction of sp³-hybridized carbons (Fsp3) is 0.500. The van der Waals surface area contributed by atoms with Crippen LogP contribution >= 0.6 is 0 Å². The molecule has 2 aromatic carbocycles. The van der Waals surface area contributed by atoms with Gasteiger partial charge in [-0.25, -0.2) is 9.78 Å². The first-order chi connectivity index (χ1) is 22.2. The van der Waals surface area contributed by atoms with Crippen LogP contribution in [0.3, 0.4) is 0 Å². The Morgan fingerprint density at radius 1 is 1.02 bits per heavy atom. The van der Waals surface area contributed by atoms with Crippen molar-refractivity contribution in [3.8, 4) is 11.4 Å². The summed E-state index contributed by atoms with van der Waals surface area (Å²) < 4.78 is 56.0. The predicted molar refractivity (Wildman–Crippen MR) is 167 cm³/mol. The molecule has 0 radical (unpaired) electrons. The number of fused-ring (bicyclic) bond motifs is 1. The van der Waals surface area contributed by atoms with Crippen molar-refractivity contribution in [3.63, 3.8) is 0 Å². The second-order valence-electron chi connectivity index (χ2n) is 13.0. The molecular weight excluding hydrogens is 621 g/mol. The van der Waals surface area contributed by atoms with Gasteiger partial charge in [0.25, 0.3) is 5.56 Å². The number of anilines is 2.